The summed E-state index contributed by atoms with van der Waals surface area (Å²) in [6, 6.07) is 8.19. The Balaban J connectivity index is 1.27. The number of aromatic nitrogens is 4. The van der Waals surface area contributed by atoms with Gasteiger partial charge in [0.05, 0.1) is 11.7 Å². The highest BCUT2D eigenvalue weighted by Crippen LogP contribution is 2.39. The van der Waals surface area contributed by atoms with Gasteiger partial charge in [-0.3, -0.25) is 14.1 Å². The monoisotopic (exact) mass is 553 g/mol. The largest absolute Gasteiger partial charge is 0.416 e. The standard InChI is InChI=1S/C27H26F3N7O3/c28-27(29,30)17-7-8-32-20(11-17)34-25(39)15-3-1-14(2-4-15)21-22-23(31)33-9-10-36(22)24(35-21)16-5-6-18-12-19(38)26(40)37(18)13-16/h1-4,7-11,16,18-19,26,38,40H,5-6,12-13H2,(H2,31,33)(H,32,34,39)/t16-,18+,19+,26?/m1/s1. The lowest BCUT2D eigenvalue weighted by Crippen LogP contribution is -2.44. The molecule has 3 aromatic heterocycles. The van der Waals surface area contributed by atoms with Gasteiger partial charge in [-0.2, -0.15) is 13.2 Å². The van der Waals surface area contributed by atoms with Gasteiger partial charge in [0.2, 0.25) is 0 Å². The molecule has 4 aromatic rings. The fraction of sp³-hybridized carbons (Fsp3) is 0.333. The predicted octanol–water partition coefficient (Wildman–Crippen LogP) is 3.28. The maximum atomic E-state index is 13.0. The third kappa shape index (κ3) is 4.65. The topological polar surface area (TPSA) is 142 Å². The Bertz CT molecular complexity index is 1570. The zero-order valence-electron chi connectivity index (χ0n) is 21.1. The average Bonchev–Trinajstić information content (AvgIpc) is 3.46. The van der Waals surface area contributed by atoms with Crippen LogP contribution in [-0.2, 0) is 6.18 Å². The number of hydrogen-bond acceptors (Lipinski definition) is 8. The summed E-state index contributed by atoms with van der Waals surface area (Å²) >= 11 is 0. The third-order valence-corrected chi connectivity index (χ3v) is 7.67. The van der Waals surface area contributed by atoms with E-state index in [9.17, 15) is 28.2 Å². The molecule has 1 amide bonds. The van der Waals surface area contributed by atoms with Crippen LogP contribution in [0.25, 0.3) is 16.8 Å². The number of hydrogen-bond donors (Lipinski definition) is 4. The van der Waals surface area contributed by atoms with Crippen molar-refractivity contribution in [2.75, 3.05) is 17.6 Å². The van der Waals surface area contributed by atoms with Crippen molar-refractivity contribution in [2.24, 2.45) is 0 Å². The molecular weight excluding hydrogens is 527 g/mol. The van der Waals surface area contributed by atoms with E-state index in [4.69, 9.17) is 10.7 Å². The molecule has 0 aliphatic carbocycles. The fourth-order valence-corrected chi connectivity index (χ4v) is 5.68. The molecule has 6 rings (SSSR count). The number of nitrogens with two attached hydrogens (primary N) is 1. The Kier molecular flexibility index (Phi) is 6.44. The summed E-state index contributed by atoms with van der Waals surface area (Å²) in [6.07, 6.45) is 0.309. The zero-order valence-corrected chi connectivity index (χ0v) is 21.1. The number of pyridine rings is 1. The predicted molar refractivity (Wildman–Crippen MR) is 139 cm³/mol. The van der Waals surface area contributed by atoms with Crippen LogP contribution in [0.4, 0.5) is 24.8 Å². The van der Waals surface area contributed by atoms with E-state index in [1.54, 1.807) is 36.7 Å². The minimum absolute atomic E-state index is 0.0238. The second-order valence-electron chi connectivity index (χ2n) is 10.2. The lowest BCUT2D eigenvalue weighted by Gasteiger charge is -2.36. The summed E-state index contributed by atoms with van der Waals surface area (Å²) in [5.74, 6) is 0.183. The smallest absolute Gasteiger partial charge is 0.389 e. The van der Waals surface area contributed by atoms with E-state index in [1.165, 1.54) is 0 Å². The van der Waals surface area contributed by atoms with E-state index in [-0.39, 0.29) is 29.2 Å². The van der Waals surface area contributed by atoms with Gasteiger partial charge in [0.1, 0.15) is 34.9 Å². The number of aliphatic hydroxyl groups is 2. The number of rotatable bonds is 4. The van der Waals surface area contributed by atoms with Crippen LogP contribution in [0.15, 0.2) is 55.0 Å². The molecule has 5 N–H and O–H groups in total. The van der Waals surface area contributed by atoms with Crippen molar-refractivity contribution in [2.45, 2.75) is 49.7 Å². The lowest BCUT2D eigenvalue weighted by molar-refractivity contribution is -0.137. The van der Waals surface area contributed by atoms with Gasteiger partial charge in [-0.25, -0.2) is 15.0 Å². The number of aliphatic hydroxyl groups excluding tert-OH is 2. The number of anilines is 2. The summed E-state index contributed by atoms with van der Waals surface area (Å²) in [6.45, 7) is 0.534. The number of imidazole rings is 1. The molecule has 0 bridgehead atoms. The molecular formula is C27H26F3N7O3. The number of piperidine rings is 1. The fourth-order valence-electron chi connectivity index (χ4n) is 5.68. The van der Waals surface area contributed by atoms with Crippen molar-refractivity contribution < 1.29 is 28.2 Å². The van der Waals surface area contributed by atoms with Gasteiger partial charge in [0, 0.05) is 48.2 Å². The molecule has 0 radical (unpaired) electrons. The minimum atomic E-state index is -4.55. The molecule has 1 unspecified atom stereocenters. The number of nitrogens with zero attached hydrogens (tertiary/aromatic N) is 5. The summed E-state index contributed by atoms with van der Waals surface area (Å²) < 4.78 is 40.9. The summed E-state index contributed by atoms with van der Waals surface area (Å²) in [5, 5.41) is 23.0. The van der Waals surface area contributed by atoms with Crippen LogP contribution in [0.3, 0.4) is 0 Å². The molecule has 10 nitrogen and oxygen atoms in total. The second-order valence-corrected chi connectivity index (χ2v) is 10.2. The first-order valence-electron chi connectivity index (χ1n) is 12.8. The van der Waals surface area contributed by atoms with Crippen LogP contribution in [0, 0.1) is 0 Å². The van der Waals surface area contributed by atoms with E-state index in [0.29, 0.717) is 29.7 Å². The minimum Gasteiger partial charge on any atom is -0.389 e. The lowest BCUT2D eigenvalue weighted by atomic mass is 9.92. The van der Waals surface area contributed by atoms with Gasteiger partial charge in [-0.05, 0) is 43.5 Å². The van der Waals surface area contributed by atoms with Gasteiger partial charge >= 0.3 is 6.18 Å². The van der Waals surface area contributed by atoms with E-state index < -0.39 is 30.0 Å². The summed E-state index contributed by atoms with van der Waals surface area (Å²) in [7, 11) is 0. The zero-order chi connectivity index (χ0) is 28.2. The Hall–Kier alpha value is -4.07. The maximum Gasteiger partial charge on any atom is 0.416 e. The van der Waals surface area contributed by atoms with Gasteiger partial charge in [-0.1, -0.05) is 12.1 Å². The first kappa shape index (κ1) is 26.2. The van der Waals surface area contributed by atoms with E-state index in [0.717, 1.165) is 37.0 Å². The van der Waals surface area contributed by atoms with Crippen molar-refractivity contribution >= 4 is 23.1 Å². The van der Waals surface area contributed by atoms with E-state index >= 15 is 0 Å². The highest BCUT2D eigenvalue weighted by molar-refractivity contribution is 6.04. The Morgan fingerprint density at radius 2 is 1.85 bits per heavy atom. The SMILES string of the molecule is Nc1nccn2c([C@@H]3CC[C@H]4C[C@H](O)C(O)N4C3)nc(-c3ccc(C(=O)Nc4cc(C(F)(F)F)ccn4)cc3)c12. The van der Waals surface area contributed by atoms with Gasteiger partial charge in [0.15, 0.2) is 0 Å². The van der Waals surface area contributed by atoms with Crippen molar-refractivity contribution in [1.82, 2.24) is 24.3 Å². The number of benzene rings is 1. The summed E-state index contributed by atoms with van der Waals surface area (Å²) in [4.78, 5) is 27.6. The summed E-state index contributed by atoms with van der Waals surface area (Å²) in [5.41, 5.74) is 7.41. The molecule has 40 heavy (non-hydrogen) atoms. The molecule has 0 saturated carbocycles. The van der Waals surface area contributed by atoms with Crippen LogP contribution >= 0.6 is 0 Å². The van der Waals surface area contributed by atoms with Crippen molar-refractivity contribution in [3.8, 4) is 11.3 Å². The molecule has 1 aromatic carbocycles. The van der Waals surface area contributed by atoms with Crippen LogP contribution < -0.4 is 11.1 Å². The van der Waals surface area contributed by atoms with Crippen molar-refractivity contribution in [3.05, 3.63) is 71.9 Å². The first-order chi connectivity index (χ1) is 19.1. The number of nitrogens with one attached hydrogen (secondary N) is 1. The van der Waals surface area contributed by atoms with Crippen molar-refractivity contribution in [3.63, 3.8) is 0 Å². The van der Waals surface area contributed by atoms with Crippen LogP contribution in [0.1, 0.15) is 46.9 Å². The Morgan fingerprint density at radius 1 is 1.07 bits per heavy atom. The molecule has 5 heterocycles. The maximum absolute atomic E-state index is 13.0. The van der Waals surface area contributed by atoms with Crippen LogP contribution in [0.2, 0.25) is 0 Å². The molecule has 2 aliphatic rings. The normalized spacial score (nSPS) is 23.3. The molecule has 13 heteroatoms. The van der Waals surface area contributed by atoms with E-state index in [1.807, 2.05) is 9.30 Å². The highest BCUT2D eigenvalue weighted by Gasteiger charge is 2.43. The Morgan fingerprint density at radius 3 is 2.60 bits per heavy atom. The molecule has 4 atom stereocenters. The number of carbonyl (C=O) groups is 1. The van der Waals surface area contributed by atoms with Crippen LogP contribution in [-0.4, -0.2) is 65.3 Å². The first-order valence-corrected chi connectivity index (χ1v) is 12.8. The number of halogens is 3. The highest BCUT2D eigenvalue weighted by atomic mass is 19.4. The van der Waals surface area contributed by atoms with Gasteiger partial charge in [0.25, 0.3) is 5.91 Å². The van der Waals surface area contributed by atoms with Gasteiger partial charge < -0.3 is 21.3 Å². The third-order valence-electron chi connectivity index (χ3n) is 7.67. The quantitative estimate of drug-likeness (QED) is 0.302. The molecule has 0 spiro atoms. The van der Waals surface area contributed by atoms with Crippen molar-refractivity contribution in [1.29, 1.82) is 0 Å². The van der Waals surface area contributed by atoms with Crippen LogP contribution in [0.5, 0.6) is 0 Å². The average molecular weight is 554 g/mol. The molecule has 208 valence electrons. The number of nitrogen functional groups attached to an aromatic ring is 1. The van der Waals surface area contributed by atoms with Gasteiger partial charge in [-0.15, -0.1) is 0 Å². The number of fused-ring (bicyclic) bond motifs is 2. The number of amides is 1. The van der Waals surface area contributed by atoms with E-state index in [2.05, 4.69) is 15.3 Å². The number of carbonyl (C=O) groups excluding carboxylic acids is 1. The number of alkyl halides is 3. The molecule has 2 aliphatic heterocycles. The second kappa shape index (κ2) is 9.84. The molecule has 2 fully saturated rings. The molecule has 2 saturated heterocycles. The Labute approximate surface area is 226 Å².